The number of aromatic amines is 1. The van der Waals surface area contributed by atoms with Crippen LogP contribution in [0.3, 0.4) is 0 Å². The van der Waals surface area contributed by atoms with Crippen molar-refractivity contribution in [2.75, 3.05) is 13.1 Å². The fourth-order valence-corrected chi connectivity index (χ4v) is 4.53. The Morgan fingerprint density at radius 3 is 2.96 bits per heavy atom. The number of rotatable bonds is 4. The molecule has 1 unspecified atom stereocenters. The third kappa shape index (κ3) is 3.92. The van der Waals surface area contributed by atoms with Gasteiger partial charge in [0, 0.05) is 41.7 Å². The van der Waals surface area contributed by atoms with Crippen LogP contribution in [0.15, 0.2) is 47.4 Å². The van der Waals surface area contributed by atoms with E-state index in [9.17, 15) is 4.79 Å². The lowest BCUT2D eigenvalue weighted by Gasteiger charge is -2.32. The molecular weight excluding hydrogens is 344 g/mol. The Hall–Kier alpha value is -2.31. The van der Waals surface area contributed by atoms with E-state index in [0.717, 1.165) is 43.2 Å². The molecule has 0 radical (unpaired) electrons. The highest BCUT2D eigenvalue weighted by Gasteiger charge is 2.23. The van der Waals surface area contributed by atoms with Gasteiger partial charge in [-0.25, -0.2) is 9.97 Å². The van der Waals surface area contributed by atoms with Gasteiger partial charge in [-0.2, -0.15) is 0 Å². The maximum Gasteiger partial charge on any atom is 0.251 e. The molecule has 5 nitrogen and oxygen atoms in total. The van der Waals surface area contributed by atoms with Gasteiger partial charge in [0.25, 0.3) is 5.56 Å². The number of aromatic nitrogens is 3. The highest BCUT2D eigenvalue weighted by atomic mass is 32.1. The number of hydrogen-bond acceptors (Lipinski definition) is 5. The van der Waals surface area contributed by atoms with Gasteiger partial charge < -0.3 is 4.98 Å². The van der Waals surface area contributed by atoms with E-state index in [4.69, 9.17) is 0 Å². The van der Waals surface area contributed by atoms with E-state index in [1.165, 1.54) is 10.4 Å². The molecule has 1 N–H and O–H groups in total. The molecule has 3 heterocycles. The van der Waals surface area contributed by atoms with Gasteiger partial charge in [0.15, 0.2) is 0 Å². The van der Waals surface area contributed by atoms with E-state index in [-0.39, 0.29) is 5.56 Å². The zero-order chi connectivity index (χ0) is 17.9. The van der Waals surface area contributed by atoms with Crippen molar-refractivity contribution in [3.63, 3.8) is 0 Å². The Morgan fingerprint density at radius 2 is 2.15 bits per heavy atom. The van der Waals surface area contributed by atoms with Crippen LogP contribution in [0.2, 0.25) is 0 Å². The van der Waals surface area contributed by atoms with Crippen molar-refractivity contribution in [3.05, 3.63) is 69.3 Å². The first-order chi connectivity index (χ1) is 12.7. The smallest absolute Gasteiger partial charge is 0.251 e. The standard InChI is InChI=1S/C20H22N4OS/c1-14-22-18(10-19(25)23-14)16-8-5-9-24(12-16)13-17-11-21-20(26-17)15-6-3-2-4-7-15/h2-4,6-7,10-11,16H,5,8-9,12-13H2,1H3,(H,22,23,25). The van der Waals surface area contributed by atoms with Crippen LogP contribution in [-0.4, -0.2) is 32.9 Å². The molecule has 1 atom stereocenters. The third-order valence-corrected chi connectivity index (χ3v) is 5.79. The van der Waals surface area contributed by atoms with Gasteiger partial charge in [-0.3, -0.25) is 9.69 Å². The molecular formula is C20H22N4OS. The Kier molecular flexibility index (Phi) is 4.95. The predicted octanol–water partition coefficient (Wildman–Crippen LogP) is 3.58. The Bertz CT molecular complexity index is 934. The number of aryl methyl sites for hydroxylation is 1. The minimum absolute atomic E-state index is 0.0559. The number of piperidine rings is 1. The van der Waals surface area contributed by atoms with E-state index < -0.39 is 0 Å². The molecule has 1 aliphatic rings. The van der Waals surface area contributed by atoms with E-state index in [2.05, 4.69) is 32.0 Å². The highest BCUT2D eigenvalue weighted by molar-refractivity contribution is 7.15. The molecule has 2 aromatic heterocycles. The lowest BCUT2D eigenvalue weighted by Crippen LogP contribution is -2.34. The molecule has 4 rings (SSSR count). The summed E-state index contributed by atoms with van der Waals surface area (Å²) in [4.78, 5) is 27.3. The summed E-state index contributed by atoms with van der Waals surface area (Å²) in [6.07, 6.45) is 4.21. The van der Waals surface area contributed by atoms with Gasteiger partial charge >= 0.3 is 0 Å². The summed E-state index contributed by atoms with van der Waals surface area (Å²) in [5, 5.41) is 1.07. The van der Waals surface area contributed by atoms with Gasteiger partial charge in [0.2, 0.25) is 0 Å². The molecule has 0 bridgehead atoms. The zero-order valence-corrected chi connectivity index (χ0v) is 15.6. The summed E-state index contributed by atoms with van der Waals surface area (Å²) in [6.45, 7) is 4.77. The number of hydrogen-bond donors (Lipinski definition) is 1. The van der Waals surface area contributed by atoms with Crippen molar-refractivity contribution in [1.29, 1.82) is 0 Å². The average Bonchev–Trinajstić information content (AvgIpc) is 3.10. The maximum atomic E-state index is 11.7. The van der Waals surface area contributed by atoms with E-state index in [0.29, 0.717) is 11.7 Å². The molecule has 0 saturated carbocycles. The maximum absolute atomic E-state index is 11.7. The van der Waals surface area contributed by atoms with Crippen molar-refractivity contribution in [2.24, 2.45) is 0 Å². The van der Waals surface area contributed by atoms with E-state index in [1.807, 2.05) is 31.3 Å². The molecule has 134 valence electrons. The molecule has 0 amide bonds. The molecule has 1 aromatic carbocycles. The monoisotopic (exact) mass is 366 g/mol. The predicted molar refractivity (Wildman–Crippen MR) is 104 cm³/mol. The van der Waals surface area contributed by atoms with Crippen LogP contribution < -0.4 is 5.56 Å². The van der Waals surface area contributed by atoms with Gasteiger partial charge in [0.05, 0.1) is 5.69 Å². The molecule has 6 heteroatoms. The molecule has 0 spiro atoms. The minimum atomic E-state index is -0.0559. The highest BCUT2D eigenvalue weighted by Crippen LogP contribution is 2.29. The van der Waals surface area contributed by atoms with Crippen LogP contribution in [0, 0.1) is 6.92 Å². The van der Waals surface area contributed by atoms with Gasteiger partial charge in [-0.1, -0.05) is 30.3 Å². The van der Waals surface area contributed by atoms with E-state index >= 15 is 0 Å². The second kappa shape index (κ2) is 7.51. The lowest BCUT2D eigenvalue weighted by atomic mass is 9.94. The summed E-state index contributed by atoms with van der Waals surface area (Å²) in [5.41, 5.74) is 2.04. The van der Waals surface area contributed by atoms with Gasteiger partial charge in [0.1, 0.15) is 10.8 Å². The molecule has 1 saturated heterocycles. The molecule has 1 aliphatic heterocycles. The zero-order valence-electron chi connectivity index (χ0n) is 14.8. The summed E-state index contributed by atoms with van der Waals surface area (Å²) < 4.78 is 0. The summed E-state index contributed by atoms with van der Waals surface area (Å²) in [5.74, 6) is 1.02. The van der Waals surface area contributed by atoms with Crippen molar-refractivity contribution >= 4 is 11.3 Å². The Labute approximate surface area is 156 Å². The van der Waals surface area contributed by atoms with Crippen LogP contribution in [0.25, 0.3) is 10.6 Å². The Morgan fingerprint density at radius 1 is 1.31 bits per heavy atom. The first-order valence-electron chi connectivity index (χ1n) is 8.98. The fourth-order valence-electron chi connectivity index (χ4n) is 3.57. The number of nitrogens with one attached hydrogen (secondary N) is 1. The van der Waals surface area contributed by atoms with Crippen LogP contribution in [0.4, 0.5) is 0 Å². The number of nitrogens with zero attached hydrogens (tertiary/aromatic N) is 3. The van der Waals surface area contributed by atoms with Crippen molar-refractivity contribution in [3.8, 4) is 10.6 Å². The second-order valence-electron chi connectivity index (χ2n) is 6.83. The topological polar surface area (TPSA) is 61.9 Å². The van der Waals surface area contributed by atoms with Gasteiger partial charge in [-0.05, 0) is 26.3 Å². The minimum Gasteiger partial charge on any atom is -0.311 e. The quantitative estimate of drug-likeness (QED) is 0.767. The molecule has 0 aliphatic carbocycles. The van der Waals surface area contributed by atoms with Gasteiger partial charge in [-0.15, -0.1) is 11.3 Å². The number of benzene rings is 1. The summed E-state index contributed by atoms with van der Waals surface area (Å²) in [7, 11) is 0. The first kappa shape index (κ1) is 17.1. The van der Waals surface area contributed by atoms with Crippen molar-refractivity contribution < 1.29 is 0 Å². The average molecular weight is 366 g/mol. The molecule has 26 heavy (non-hydrogen) atoms. The molecule has 3 aromatic rings. The number of thiazole rings is 1. The first-order valence-corrected chi connectivity index (χ1v) is 9.79. The number of likely N-dealkylation sites (tertiary alicyclic amines) is 1. The summed E-state index contributed by atoms with van der Waals surface area (Å²) >= 11 is 1.76. The van der Waals surface area contributed by atoms with Crippen LogP contribution in [0.5, 0.6) is 0 Å². The second-order valence-corrected chi connectivity index (χ2v) is 7.94. The third-order valence-electron chi connectivity index (χ3n) is 4.76. The van der Waals surface area contributed by atoms with Crippen LogP contribution >= 0.6 is 11.3 Å². The SMILES string of the molecule is Cc1nc(C2CCCN(Cc3cnc(-c4ccccc4)s3)C2)cc(=O)[nH]1. The fraction of sp³-hybridized carbons (Fsp3) is 0.350. The number of H-pyrrole nitrogens is 1. The van der Waals surface area contributed by atoms with E-state index in [1.54, 1.807) is 17.4 Å². The van der Waals surface area contributed by atoms with Crippen LogP contribution in [0.1, 0.15) is 35.2 Å². The largest absolute Gasteiger partial charge is 0.311 e. The molecule has 1 fully saturated rings. The normalized spacial score (nSPS) is 18.1. The Balaban J connectivity index is 1.45. The lowest BCUT2D eigenvalue weighted by molar-refractivity contribution is 0.200. The van der Waals surface area contributed by atoms with Crippen LogP contribution in [-0.2, 0) is 6.54 Å². The van der Waals surface area contributed by atoms with Crippen molar-refractivity contribution in [1.82, 2.24) is 19.9 Å². The summed E-state index contributed by atoms with van der Waals surface area (Å²) in [6, 6.07) is 12.0. The van der Waals surface area contributed by atoms with Crippen molar-refractivity contribution in [2.45, 2.75) is 32.2 Å².